The lowest BCUT2D eigenvalue weighted by Gasteiger charge is -2.04. The van der Waals surface area contributed by atoms with Crippen molar-refractivity contribution in [3.05, 3.63) is 65.4 Å². The molecule has 2 aromatic carbocycles. The number of thioether (sulfide) groups is 1. The highest BCUT2D eigenvalue weighted by atomic mass is 32.2. The molecule has 0 atom stereocenters. The van der Waals surface area contributed by atoms with Crippen LogP contribution in [0.2, 0.25) is 0 Å². The molecule has 0 aliphatic heterocycles. The SMILES string of the molecule is Cc1ccc(C(=O)CSc2n[nH]c(-c3nnn(-c4ccc(S(N)(=O)=O)cc4)c3C)n2)cc1. The number of nitrogens with zero attached hydrogens (tertiary/aromatic N) is 5. The normalized spacial score (nSPS) is 11.6. The Morgan fingerprint density at radius 1 is 1.09 bits per heavy atom. The third-order valence-corrected chi connectivity index (χ3v) is 6.48. The smallest absolute Gasteiger partial charge is 0.238 e. The summed E-state index contributed by atoms with van der Waals surface area (Å²) in [5.74, 6) is 0.620. The summed E-state index contributed by atoms with van der Waals surface area (Å²) >= 11 is 1.23. The number of nitrogens with two attached hydrogens (primary N) is 1. The number of sulfonamides is 1. The fraction of sp³-hybridized carbons (Fsp3) is 0.150. The summed E-state index contributed by atoms with van der Waals surface area (Å²) < 4.78 is 24.4. The molecule has 0 saturated heterocycles. The van der Waals surface area contributed by atoms with Crippen LogP contribution in [0.25, 0.3) is 17.2 Å². The number of nitrogens with one attached hydrogen (secondary N) is 1. The minimum atomic E-state index is -3.77. The van der Waals surface area contributed by atoms with Crippen molar-refractivity contribution in [1.82, 2.24) is 30.2 Å². The number of carbonyl (C=O) groups excluding carboxylic acids is 1. The molecular formula is C20H19N7O3S2. The van der Waals surface area contributed by atoms with E-state index in [0.717, 1.165) is 5.56 Å². The summed E-state index contributed by atoms with van der Waals surface area (Å²) in [6.07, 6.45) is 0. The van der Waals surface area contributed by atoms with E-state index in [0.29, 0.717) is 33.6 Å². The van der Waals surface area contributed by atoms with Gasteiger partial charge in [-0.15, -0.1) is 10.2 Å². The van der Waals surface area contributed by atoms with E-state index in [9.17, 15) is 13.2 Å². The molecule has 12 heteroatoms. The molecule has 4 aromatic rings. The van der Waals surface area contributed by atoms with Crippen LogP contribution in [0.15, 0.2) is 58.6 Å². The van der Waals surface area contributed by atoms with Crippen LogP contribution in [0.1, 0.15) is 21.6 Å². The maximum atomic E-state index is 12.3. The Balaban J connectivity index is 1.48. The van der Waals surface area contributed by atoms with Crippen molar-refractivity contribution in [3.8, 4) is 17.2 Å². The van der Waals surface area contributed by atoms with Crippen molar-refractivity contribution in [2.45, 2.75) is 23.9 Å². The summed E-state index contributed by atoms with van der Waals surface area (Å²) in [4.78, 5) is 16.8. The number of hydrogen-bond acceptors (Lipinski definition) is 8. The molecule has 0 saturated carbocycles. The van der Waals surface area contributed by atoms with Crippen LogP contribution in [0, 0.1) is 13.8 Å². The first-order valence-electron chi connectivity index (χ1n) is 9.43. The second-order valence-corrected chi connectivity index (χ2v) is 9.52. The van der Waals surface area contributed by atoms with Gasteiger partial charge in [0.05, 0.1) is 22.0 Å². The van der Waals surface area contributed by atoms with Gasteiger partial charge < -0.3 is 0 Å². The molecule has 4 rings (SSSR count). The molecule has 2 heterocycles. The van der Waals surface area contributed by atoms with Gasteiger partial charge >= 0.3 is 0 Å². The van der Waals surface area contributed by atoms with Gasteiger partial charge in [0, 0.05) is 5.56 Å². The fourth-order valence-electron chi connectivity index (χ4n) is 2.94. The number of aryl methyl sites for hydroxylation is 1. The molecule has 0 spiro atoms. The van der Waals surface area contributed by atoms with Gasteiger partial charge in [-0.1, -0.05) is 46.8 Å². The first-order chi connectivity index (χ1) is 15.2. The highest BCUT2D eigenvalue weighted by Crippen LogP contribution is 2.23. The monoisotopic (exact) mass is 469 g/mol. The molecule has 0 unspecified atom stereocenters. The molecular weight excluding hydrogens is 450 g/mol. The molecule has 32 heavy (non-hydrogen) atoms. The van der Waals surface area contributed by atoms with Crippen LogP contribution >= 0.6 is 11.8 Å². The Labute approximate surface area is 188 Å². The average molecular weight is 470 g/mol. The largest absolute Gasteiger partial charge is 0.293 e. The predicted octanol–water partition coefficient (Wildman–Crippen LogP) is 2.29. The van der Waals surface area contributed by atoms with Gasteiger partial charge in [-0.2, -0.15) is 4.98 Å². The molecule has 2 aromatic heterocycles. The van der Waals surface area contributed by atoms with Crippen LogP contribution in [0.3, 0.4) is 0 Å². The van der Waals surface area contributed by atoms with Crippen molar-refractivity contribution < 1.29 is 13.2 Å². The number of rotatable bonds is 7. The second kappa shape index (κ2) is 8.65. The molecule has 164 valence electrons. The number of carbonyl (C=O) groups is 1. The first-order valence-corrected chi connectivity index (χ1v) is 12.0. The van der Waals surface area contributed by atoms with Gasteiger partial charge in [-0.3, -0.25) is 9.89 Å². The van der Waals surface area contributed by atoms with E-state index in [4.69, 9.17) is 5.14 Å². The van der Waals surface area contributed by atoms with E-state index in [2.05, 4.69) is 25.5 Å². The number of benzene rings is 2. The fourth-order valence-corrected chi connectivity index (χ4v) is 4.15. The topological polar surface area (TPSA) is 150 Å². The van der Waals surface area contributed by atoms with Gasteiger partial charge in [0.25, 0.3) is 0 Å². The number of H-pyrrole nitrogens is 1. The van der Waals surface area contributed by atoms with E-state index in [1.165, 1.54) is 23.9 Å². The van der Waals surface area contributed by atoms with Crippen LogP contribution in [-0.2, 0) is 10.0 Å². The second-order valence-electron chi connectivity index (χ2n) is 7.02. The van der Waals surface area contributed by atoms with Crippen LogP contribution in [0.4, 0.5) is 0 Å². The average Bonchev–Trinajstić information content (AvgIpc) is 3.38. The minimum absolute atomic E-state index is 0.00795. The summed E-state index contributed by atoms with van der Waals surface area (Å²) in [6, 6.07) is 13.4. The van der Waals surface area contributed by atoms with Crippen molar-refractivity contribution in [1.29, 1.82) is 0 Å². The third kappa shape index (κ3) is 4.61. The van der Waals surface area contributed by atoms with Crippen LogP contribution < -0.4 is 5.14 Å². The zero-order valence-corrected chi connectivity index (χ0v) is 18.8. The number of hydrogen-bond donors (Lipinski definition) is 2. The maximum absolute atomic E-state index is 12.3. The zero-order chi connectivity index (χ0) is 22.9. The molecule has 3 N–H and O–H groups in total. The van der Waals surface area contributed by atoms with E-state index < -0.39 is 10.0 Å². The number of Topliss-reactive ketones (excluding diaryl/α,β-unsaturated/α-hetero) is 1. The Bertz CT molecular complexity index is 1380. The molecule has 0 bridgehead atoms. The van der Waals surface area contributed by atoms with Gasteiger partial charge in [0.2, 0.25) is 15.2 Å². The molecule has 0 radical (unpaired) electrons. The number of primary sulfonamides is 1. The van der Waals surface area contributed by atoms with Crippen LogP contribution in [-0.4, -0.2) is 50.1 Å². The minimum Gasteiger partial charge on any atom is -0.293 e. The van der Waals surface area contributed by atoms with Crippen molar-refractivity contribution in [2.75, 3.05) is 5.75 Å². The van der Waals surface area contributed by atoms with E-state index >= 15 is 0 Å². The van der Waals surface area contributed by atoms with Gasteiger partial charge in [0.15, 0.2) is 17.3 Å². The Hall–Kier alpha value is -3.35. The Morgan fingerprint density at radius 3 is 2.44 bits per heavy atom. The number of aromatic amines is 1. The lowest BCUT2D eigenvalue weighted by molar-refractivity contribution is 0.102. The van der Waals surface area contributed by atoms with E-state index in [-0.39, 0.29) is 16.4 Å². The highest BCUT2D eigenvalue weighted by Gasteiger charge is 2.17. The number of aromatic nitrogens is 6. The lowest BCUT2D eigenvalue weighted by atomic mass is 10.1. The van der Waals surface area contributed by atoms with Crippen molar-refractivity contribution in [2.24, 2.45) is 5.14 Å². The Morgan fingerprint density at radius 2 is 1.78 bits per heavy atom. The van der Waals surface area contributed by atoms with E-state index in [1.807, 2.05) is 19.1 Å². The highest BCUT2D eigenvalue weighted by molar-refractivity contribution is 7.99. The first kappa shape index (κ1) is 21.9. The van der Waals surface area contributed by atoms with Gasteiger partial charge in [0.1, 0.15) is 0 Å². The predicted molar refractivity (Wildman–Crippen MR) is 119 cm³/mol. The summed E-state index contributed by atoms with van der Waals surface area (Å²) in [6.45, 7) is 3.77. The zero-order valence-electron chi connectivity index (χ0n) is 17.2. The summed E-state index contributed by atoms with van der Waals surface area (Å²) in [7, 11) is -3.77. The molecule has 0 aliphatic carbocycles. The summed E-state index contributed by atoms with van der Waals surface area (Å²) in [5.41, 5.74) is 3.52. The summed E-state index contributed by atoms with van der Waals surface area (Å²) in [5, 5.41) is 20.8. The number of ketones is 1. The van der Waals surface area contributed by atoms with Crippen LogP contribution in [0.5, 0.6) is 0 Å². The quantitative estimate of drug-likeness (QED) is 0.309. The van der Waals surface area contributed by atoms with Crippen molar-refractivity contribution >= 4 is 27.6 Å². The third-order valence-electron chi connectivity index (χ3n) is 4.70. The maximum Gasteiger partial charge on any atom is 0.238 e. The lowest BCUT2D eigenvalue weighted by Crippen LogP contribution is -2.12. The standard InChI is InChI=1S/C20H19N7O3S2/c1-12-3-5-14(6-4-12)17(28)11-31-20-22-19(24-25-20)18-13(2)27(26-23-18)15-7-9-16(10-8-15)32(21,29)30/h3-10H,11H2,1-2H3,(H2,21,29,30)(H,22,24,25). The molecule has 10 nitrogen and oxygen atoms in total. The Kier molecular flexibility index (Phi) is 5.91. The molecule has 0 amide bonds. The van der Waals surface area contributed by atoms with Gasteiger partial charge in [-0.25, -0.2) is 18.2 Å². The molecule has 0 aliphatic rings. The van der Waals surface area contributed by atoms with E-state index in [1.54, 1.807) is 35.9 Å². The van der Waals surface area contributed by atoms with Crippen molar-refractivity contribution in [3.63, 3.8) is 0 Å². The van der Waals surface area contributed by atoms with Gasteiger partial charge in [-0.05, 0) is 38.1 Å². The molecule has 0 fully saturated rings.